The van der Waals surface area contributed by atoms with Gasteiger partial charge in [0.1, 0.15) is 5.92 Å². The van der Waals surface area contributed by atoms with E-state index in [0.29, 0.717) is 12.0 Å². The Bertz CT molecular complexity index is 894. The number of carbonyl (C=O) groups is 2. The number of hydrogen-bond donors (Lipinski definition) is 0. The molecule has 0 saturated heterocycles. The molecule has 0 spiro atoms. The summed E-state index contributed by atoms with van der Waals surface area (Å²) >= 11 is 3.25. The van der Waals surface area contributed by atoms with Crippen LogP contribution in [0.3, 0.4) is 0 Å². The van der Waals surface area contributed by atoms with E-state index in [4.69, 9.17) is 9.73 Å². The summed E-state index contributed by atoms with van der Waals surface area (Å²) in [7, 11) is 1.39. The maximum atomic E-state index is 13.1. The van der Waals surface area contributed by atoms with Crippen molar-refractivity contribution in [2.24, 2.45) is 10.9 Å². The highest BCUT2D eigenvalue weighted by atomic mass is 32.1. The summed E-state index contributed by atoms with van der Waals surface area (Å²) in [4.78, 5) is 31.5. The van der Waals surface area contributed by atoms with Crippen molar-refractivity contribution in [1.29, 1.82) is 0 Å². The minimum atomic E-state index is -0.532. The number of esters is 1. The molecule has 2 aromatic heterocycles. The van der Waals surface area contributed by atoms with Gasteiger partial charge in [0.15, 0.2) is 5.78 Å². The highest BCUT2D eigenvalue weighted by Gasteiger charge is 2.44. The van der Waals surface area contributed by atoms with Gasteiger partial charge in [0.05, 0.1) is 7.11 Å². The molecular weight excluding hydrogens is 366 g/mol. The van der Waals surface area contributed by atoms with Gasteiger partial charge in [0.2, 0.25) is 0 Å². The van der Waals surface area contributed by atoms with Crippen molar-refractivity contribution in [2.45, 2.75) is 31.6 Å². The Labute approximate surface area is 160 Å². The number of aliphatic imine (C=N–C) groups is 1. The maximum Gasteiger partial charge on any atom is 0.315 e. The van der Waals surface area contributed by atoms with Crippen molar-refractivity contribution in [3.05, 3.63) is 56.1 Å². The Morgan fingerprint density at radius 2 is 2.12 bits per heavy atom. The standard InChI is InChI=1S/C20H19NO3S2/c1-11-17(20(23)24-2)18(12-5-7-25-10-12)19-14(21-11)8-13(9-15(19)22)16-4-3-6-26-16/h3-7,10,13,17-18H,8-9H2,1-2H3/t13-,17?,18+/m1/s1. The molecular formula is C20H19NO3S2. The van der Waals surface area contributed by atoms with Gasteiger partial charge in [-0.05, 0) is 47.2 Å². The molecule has 2 aliphatic rings. The minimum absolute atomic E-state index is 0.103. The zero-order valence-corrected chi connectivity index (χ0v) is 16.2. The lowest BCUT2D eigenvalue weighted by molar-refractivity contribution is -0.143. The molecule has 0 aromatic carbocycles. The van der Waals surface area contributed by atoms with Gasteiger partial charge in [-0.25, -0.2) is 0 Å². The molecule has 0 radical (unpaired) electrons. The number of allylic oxidation sites excluding steroid dienone is 2. The molecule has 0 amide bonds. The van der Waals surface area contributed by atoms with E-state index < -0.39 is 5.92 Å². The summed E-state index contributed by atoms with van der Waals surface area (Å²) in [6.45, 7) is 1.87. The third-order valence-corrected chi connectivity index (χ3v) is 6.93. The molecule has 0 N–H and O–H groups in total. The monoisotopic (exact) mass is 385 g/mol. The van der Waals surface area contributed by atoms with Crippen LogP contribution < -0.4 is 0 Å². The molecule has 2 aromatic rings. The van der Waals surface area contributed by atoms with Crippen molar-refractivity contribution < 1.29 is 14.3 Å². The van der Waals surface area contributed by atoms with Crippen LogP contribution in [0.5, 0.6) is 0 Å². The average molecular weight is 386 g/mol. The van der Waals surface area contributed by atoms with E-state index >= 15 is 0 Å². The maximum absolute atomic E-state index is 13.1. The van der Waals surface area contributed by atoms with Gasteiger partial charge < -0.3 is 4.74 Å². The molecule has 1 unspecified atom stereocenters. The third-order valence-electron chi connectivity index (χ3n) is 5.19. The Kier molecular flexibility index (Phi) is 4.63. The van der Waals surface area contributed by atoms with Crippen molar-refractivity contribution in [3.8, 4) is 0 Å². The fourth-order valence-electron chi connectivity index (χ4n) is 4.03. The van der Waals surface area contributed by atoms with E-state index in [1.54, 1.807) is 22.7 Å². The quantitative estimate of drug-likeness (QED) is 0.728. The van der Waals surface area contributed by atoms with Crippen LogP contribution in [-0.2, 0) is 14.3 Å². The van der Waals surface area contributed by atoms with Crippen LogP contribution in [0.4, 0.5) is 0 Å². The highest BCUT2D eigenvalue weighted by Crippen LogP contribution is 2.47. The topological polar surface area (TPSA) is 55.7 Å². The van der Waals surface area contributed by atoms with E-state index in [1.807, 2.05) is 35.2 Å². The second kappa shape index (κ2) is 6.93. The largest absolute Gasteiger partial charge is 0.468 e. The van der Waals surface area contributed by atoms with Gasteiger partial charge in [-0.2, -0.15) is 11.3 Å². The lowest BCUT2D eigenvalue weighted by atomic mass is 9.70. The number of ketones is 1. The predicted molar refractivity (Wildman–Crippen MR) is 104 cm³/mol. The zero-order valence-electron chi connectivity index (χ0n) is 14.6. The number of ether oxygens (including phenoxy) is 1. The zero-order chi connectivity index (χ0) is 18.3. The van der Waals surface area contributed by atoms with Crippen molar-refractivity contribution >= 4 is 40.1 Å². The number of Topliss-reactive ketones (excluding diaryl/α,β-unsaturated/α-hetero) is 1. The lowest BCUT2D eigenvalue weighted by Crippen LogP contribution is -2.37. The molecule has 4 nitrogen and oxygen atoms in total. The van der Waals surface area contributed by atoms with E-state index in [0.717, 1.165) is 23.4 Å². The molecule has 26 heavy (non-hydrogen) atoms. The van der Waals surface area contributed by atoms with E-state index in [1.165, 1.54) is 12.0 Å². The first kappa shape index (κ1) is 17.4. The number of methoxy groups -OCH3 is 1. The normalized spacial score (nSPS) is 25.7. The number of carbonyl (C=O) groups excluding carboxylic acids is 2. The Morgan fingerprint density at radius 3 is 2.77 bits per heavy atom. The number of hydrogen-bond acceptors (Lipinski definition) is 6. The summed E-state index contributed by atoms with van der Waals surface area (Å²) in [6.07, 6.45) is 1.22. The first-order chi connectivity index (χ1) is 12.6. The Morgan fingerprint density at radius 1 is 1.27 bits per heavy atom. The van der Waals surface area contributed by atoms with E-state index in [-0.39, 0.29) is 23.6 Å². The van der Waals surface area contributed by atoms with Crippen LogP contribution >= 0.6 is 22.7 Å². The van der Waals surface area contributed by atoms with Gasteiger partial charge in [-0.3, -0.25) is 14.6 Å². The van der Waals surface area contributed by atoms with Crippen molar-refractivity contribution in [1.82, 2.24) is 0 Å². The van der Waals surface area contributed by atoms with Crippen LogP contribution in [0.15, 0.2) is 50.6 Å². The van der Waals surface area contributed by atoms with Gasteiger partial charge >= 0.3 is 5.97 Å². The Hall–Kier alpha value is -2.05. The molecule has 0 saturated carbocycles. The van der Waals surface area contributed by atoms with Gasteiger partial charge in [-0.1, -0.05) is 6.07 Å². The molecule has 1 aliphatic heterocycles. The first-order valence-corrected chi connectivity index (χ1v) is 10.4. The van der Waals surface area contributed by atoms with Crippen LogP contribution in [-0.4, -0.2) is 24.6 Å². The predicted octanol–water partition coefficient (Wildman–Crippen LogP) is 4.56. The molecule has 1 aliphatic carbocycles. The summed E-state index contributed by atoms with van der Waals surface area (Å²) in [6, 6.07) is 6.10. The fraction of sp³-hybridized carbons (Fsp3) is 0.350. The van der Waals surface area contributed by atoms with Crippen LogP contribution in [0.1, 0.15) is 42.0 Å². The van der Waals surface area contributed by atoms with Crippen molar-refractivity contribution in [2.75, 3.05) is 7.11 Å². The summed E-state index contributed by atoms with van der Waals surface area (Å²) in [5, 5.41) is 6.04. The summed E-state index contributed by atoms with van der Waals surface area (Å²) < 4.78 is 5.03. The van der Waals surface area contributed by atoms with Crippen LogP contribution in [0, 0.1) is 5.92 Å². The number of rotatable bonds is 3. The molecule has 3 heterocycles. The molecule has 0 fully saturated rings. The lowest BCUT2D eigenvalue weighted by Gasteiger charge is -2.35. The third kappa shape index (κ3) is 2.87. The molecule has 4 rings (SSSR count). The smallest absolute Gasteiger partial charge is 0.315 e. The molecule has 3 atom stereocenters. The van der Waals surface area contributed by atoms with Crippen LogP contribution in [0.2, 0.25) is 0 Å². The average Bonchev–Trinajstić information content (AvgIpc) is 3.33. The van der Waals surface area contributed by atoms with Gasteiger partial charge in [-0.15, -0.1) is 11.3 Å². The van der Waals surface area contributed by atoms with Crippen LogP contribution in [0.25, 0.3) is 0 Å². The first-order valence-electron chi connectivity index (χ1n) is 8.55. The second-order valence-electron chi connectivity index (χ2n) is 6.69. The van der Waals surface area contributed by atoms with Crippen molar-refractivity contribution in [3.63, 3.8) is 0 Å². The van der Waals surface area contributed by atoms with Gasteiger partial charge in [0.25, 0.3) is 0 Å². The fourth-order valence-corrected chi connectivity index (χ4v) is 5.56. The van der Waals surface area contributed by atoms with E-state index in [9.17, 15) is 9.59 Å². The molecule has 0 bridgehead atoms. The Balaban J connectivity index is 1.80. The summed E-state index contributed by atoms with van der Waals surface area (Å²) in [5.41, 5.74) is 3.27. The number of nitrogens with zero attached hydrogens (tertiary/aromatic N) is 1. The molecule has 134 valence electrons. The number of thiophene rings is 2. The minimum Gasteiger partial charge on any atom is -0.468 e. The second-order valence-corrected chi connectivity index (χ2v) is 8.45. The summed E-state index contributed by atoms with van der Waals surface area (Å²) in [5.74, 6) is -0.877. The van der Waals surface area contributed by atoms with Gasteiger partial charge in [0, 0.05) is 40.1 Å². The van der Waals surface area contributed by atoms with E-state index in [2.05, 4.69) is 6.07 Å². The molecule has 6 heteroatoms. The highest BCUT2D eigenvalue weighted by molar-refractivity contribution is 7.10. The SMILES string of the molecule is COC(=O)C1C(C)=NC2=C(C(=O)C[C@H](c3cccs3)C2)[C@H]1c1ccsc1.